The fourth-order valence-electron chi connectivity index (χ4n) is 2.09. The lowest BCUT2D eigenvalue weighted by Crippen LogP contribution is -2.21. The highest BCUT2D eigenvalue weighted by Gasteiger charge is 2.21. The zero-order chi connectivity index (χ0) is 15.4. The Morgan fingerprint density at radius 1 is 1.29 bits per heavy atom. The molecule has 0 fully saturated rings. The molecule has 0 aliphatic carbocycles. The molecule has 1 heterocycles. The molecule has 0 bridgehead atoms. The third-order valence-corrected chi connectivity index (χ3v) is 5.54. The number of ether oxygens (including phenoxy) is 1. The molecule has 1 atom stereocenters. The topological polar surface area (TPSA) is 21.3 Å². The van der Waals surface area contributed by atoms with Crippen molar-refractivity contribution in [1.82, 2.24) is 5.32 Å². The van der Waals surface area contributed by atoms with Gasteiger partial charge in [-0.15, -0.1) is 11.3 Å². The second-order valence-corrected chi connectivity index (χ2v) is 6.98. The monoisotopic (exact) mass is 407 g/mol. The first-order chi connectivity index (χ1) is 10.1. The van der Waals surface area contributed by atoms with E-state index in [0.717, 1.165) is 16.6 Å². The Bertz CT molecular complexity index is 618. The van der Waals surface area contributed by atoms with Crippen molar-refractivity contribution in [2.24, 2.45) is 0 Å². The molecular formula is C15H16BrCl2NOS. The van der Waals surface area contributed by atoms with Crippen LogP contribution >= 0.6 is 50.5 Å². The molecule has 0 aliphatic heterocycles. The molecule has 2 nitrogen and oxygen atoms in total. The van der Waals surface area contributed by atoms with Gasteiger partial charge in [-0.1, -0.05) is 30.1 Å². The molecule has 1 aromatic carbocycles. The molecule has 114 valence electrons. The van der Waals surface area contributed by atoms with E-state index in [4.69, 9.17) is 27.9 Å². The van der Waals surface area contributed by atoms with Crippen LogP contribution in [0, 0.1) is 0 Å². The average molecular weight is 409 g/mol. The summed E-state index contributed by atoms with van der Waals surface area (Å²) in [4.78, 5) is 1.18. The largest absolute Gasteiger partial charge is 0.492 e. The molecule has 21 heavy (non-hydrogen) atoms. The van der Waals surface area contributed by atoms with E-state index < -0.39 is 0 Å². The maximum absolute atomic E-state index is 6.45. The van der Waals surface area contributed by atoms with Crippen LogP contribution in [0.15, 0.2) is 28.1 Å². The number of nitrogens with one attached hydrogen (secondary N) is 1. The second-order valence-electron chi connectivity index (χ2n) is 4.36. The molecule has 0 amide bonds. The van der Waals surface area contributed by atoms with Gasteiger partial charge in [-0.3, -0.25) is 0 Å². The number of hydrogen-bond donors (Lipinski definition) is 1. The van der Waals surface area contributed by atoms with Gasteiger partial charge in [0.1, 0.15) is 5.75 Å². The van der Waals surface area contributed by atoms with Crippen LogP contribution in [-0.2, 0) is 0 Å². The van der Waals surface area contributed by atoms with Crippen LogP contribution in [0.4, 0.5) is 0 Å². The molecule has 0 aliphatic rings. The highest BCUT2D eigenvalue weighted by atomic mass is 79.9. The average Bonchev–Trinajstić information content (AvgIpc) is 2.86. The first-order valence-corrected chi connectivity index (χ1v) is 9.09. The maximum Gasteiger partial charge on any atom is 0.139 e. The van der Waals surface area contributed by atoms with Crippen LogP contribution in [0.1, 0.15) is 30.3 Å². The van der Waals surface area contributed by atoms with E-state index in [0.29, 0.717) is 22.4 Å². The summed E-state index contributed by atoms with van der Waals surface area (Å²) in [5.74, 6) is 0.619. The Morgan fingerprint density at radius 2 is 2.05 bits per heavy atom. The van der Waals surface area contributed by atoms with Crippen molar-refractivity contribution in [3.05, 3.63) is 48.5 Å². The van der Waals surface area contributed by atoms with Gasteiger partial charge in [0.25, 0.3) is 0 Å². The molecule has 1 aromatic heterocycles. The van der Waals surface area contributed by atoms with Crippen LogP contribution in [0.3, 0.4) is 0 Å². The Balaban J connectivity index is 2.46. The predicted octanol–water partition coefficient (Wildman–Crippen LogP) is 5.92. The van der Waals surface area contributed by atoms with Crippen LogP contribution in [0.2, 0.25) is 10.0 Å². The molecule has 2 rings (SSSR count). The molecule has 0 saturated heterocycles. The molecule has 0 radical (unpaired) electrons. The van der Waals surface area contributed by atoms with Crippen LogP contribution in [0.25, 0.3) is 0 Å². The van der Waals surface area contributed by atoms with Crippen LogP contribution < -0.4 is 10.1 Å². The quantitative estimate of drug-likeness (QED) is 0.640. The molecular weight excluding hydrogens is 393 g/mol. The smallest absolute Gasteiger partial charge is 0.139 e. The zero-order valence-corrected chi connectivity index (χ0v) is 15.7. The van der Waals surface area contributed by atoms with E-state index in [2.05, 4.69) is 28.2 Å². The maximum atomic E-state index is 6.45. The number of halogens is 3. The summed E-state index contributed by atoms with van der Waals surface area (Å²) in [6, 6.07) is 5.71. The summed E-state index contributed by atoms with van der Waals surface area (Å²) in [6.45, 7) is 5.37. The van der Waals surface area contributed by atoms with Gasteiger partial charge in [0, 0.05) is 20.4 Å². The van der Waals surface area contributed by atoms with Crippen molar-refractivity contribution < 1.29 is 4.74 Å². The number of rotatable bonds is 6. The third kappa shape index (κ3) is 3.93. The minimum atomic E-state index is 0.00468. The van der Waals surface area contributed by atoms with Gasteiger partial charge in [-0.25, -0.2) is 0 Å². The summed E-state index contributed by atoms with van der Waals surface area (Å²) in [5, 5.41) is 6.73. The van der Waals surface area contributed by atoms with E-state index in [1.807, 2.05) is 24.4 Å². The molecule has 6 heteroatoms. The Labute approximate surface area is 147 Å². The van der Waals surface area contributed by atoms with Crippen molar-refractivity contribution in [2.75, 3.05) is 13.2 Å². The summed E-state index contributed by atoms with van der Waals surface area (Å²) in [7, 11) is 0. The third-order valence-electron chi connectivity index (χ3n) is 2.98. The fraction of sp³-hybridized carbons (Fsp3) is 0.333. The van der Waals surface area contributed by atoms with Crippen molar-refractivity contribution >= 4 is 50.5 Å². The summed E-state index contributed by atoms with van der Waals surface area (Å²) < 4.78 is 6.55. The molecule has 1 N–H and O–H groups in total. The van der Waals surface area contributed by atoms with Crippen molar-refractivity contribution in [1.29, 1.82) is 0 Å². The van der Waals surface area contributed by atoms with Gasteiger partial charge in [0.15, 0.2) is 0 Å². The number of hydrogen-bond acceptors (Lipinski definition) is 3. The van der Waals surface area contributed by atoms with E-state index in [-0.39, 0.29) is 6.04 Å². The lowest BCUT2D eigenvalue weighted by molar-refractivity contribution is 0.340. The summed E-state index contributed by atoms with van der Waals surface area (Å²) in [6.07, 6.45) is 0. The van der Waals surface area contributed by atoms with E-state index >= 15 is 0 Å². The highest BCUT2D eigenvalue weighted by molar-refractivity contribution is 9.10. The van der Waals surface area contributed by atoms with Crippen molar-refractivity contribution in [3.8, 4) is 5.75 Å². The van der Waals surface area contributed by atoms with Crippen LogP contribution in [0.5, 0.6) is 5.75 Å². The lowest BCUT2D eigenvalue weighted by atomic mass is 10.0. The first-order valence-electron chi connectivity index (χ1n) is 6.66. The summed E-state index contributed by atoms with van der Waals surface area (Å²) >= 11 is 18.0. The standard InChI is InChI=1S/C15H16BrCl2NOS/c1-3-19-14(15-10(16)5-6-21-15)9-7-12(18)13(20-4-2)8-11(9)17/h5-8,14,19H,3-4H2,1-2H3. The van der Waals surface area contributed by atoms with Gasteiger partial charge in [0.2, 0.25) is 0 Å². The van der Waals surface area contributed by atoms with Gasteiger partial charge in [0.05, 0.1) is 17.7 Å². The lowest BCUT2D eigenvalue weighted by Gasteiger charge is -2.20. The predicted molar refractivity (Wildman–Crippen MR) is 95.2 cm³/mol. The van der Waals surface area contributed by atoms with Gasteiger partial charge in [-0.2, -0.15) is 0 Å². The minimum Gasteiger partial charge on any atom is -0.492 e. The fourth-order valence-corrected chi connectivity index (χ4v) is 4.27. The zero-order valence-electron chi connectivity index (χ0n) is 11.8. The van der Waals surface area contributed by atoms with Crippen LogP contribution in [-0.4, -0.2) is 13.2 Å². The molecule has 0 spiro atoms. The Kier molecular flexibility index (Phi) is 6.38. The number of benzene rings is 1. The summed E-state index contributed by atoms with van der Waals surface area (Å²) in [5.41, 5.74) is 0.954. The van der Waals surface area contributed by atoms with E-state index in [1.165, 1.54) is 4.88 Å². The molecule has 0 saturated carbocycles. The van der Waals surface area contributed by atoms with Crippen molar-refractivity contribution in [3.63, 3.8) is 0 Å². The van der Waals surface area contributed by atoms with Gasteiger partial charge < -0.3 is 10.1 Å². The normalized spacial score (nSPS) is 12.4. The van der Waals surface area contributed by atoms with E-state index in [1.54, 1.807) is 17.4 Å². The second kappa shape index (κ2) is 7.84. The van der Waals surface area contributed by atoms with E-state index in [9.17, 15) is 0 Å². The van der Waals surface area contributed by atoms with Crippen molar-refractivity contribution in [2.45, 2.75) is 19.9 Å². The minimum absolute atomic E-state index is 0.00468. The molecule has 1 unspecified atom stereocenters. The Morgan fingerprint density at radius 3 is 2.62 bits per heavy atom. The SMILES string of the molecule is CCNC(c1cc(Cl)c(OCC)cc1Cl)c1sccc1Br. The Hall–Kier alpha value is -0.260. The first kappa shape index (κ1) is 17.1. The van der Waals surface area contributed by atoms with Gasteiger partial charge >= 0.3 is 0 Å². The number of thiophene rings is 1. The van der Waals surface area contributed by atoms with Gasteiger partial charge in [-0.05, 0) is 52.5 Å². The molecule has 2 aromatic rings. The highest BCUT2D eigenvalue weighted by Crippen LogP contribution is 2.39.